The molecule has 0 aliphatic carbocycles. The first kappa shape index (κ1) is 14.2. The largest absolute Gasteiger partial charge is 0.363 e. The van der Waals surface area contributed by atoms with Gasteiger partial charge in [-0.1, -0.05) is 11.6 Å². The fraction of sp³-hybridized carbons (Fsp3) is 0.167. The highest BCUT2D eigenvalue weighted by Gasteiger charge is 2.16. The normalized spacial score (nSPS) is 11.7. The van der Waals surface area contributed by atoms with Crippen LogP contribution in [0.1, 0.15) is 23.5 Å². The summed E-state index contributed by atoms with van der Waals surface area (Å²) in [7, 11) is 0. The number of halogens is 1. The number of nitro groups is 1. The predicted octanol–water partition coefficient (Wildman–Crippen LogP) is 3.75. The summed E-state index contributed by atoms with van der Waals surface area (Å²) in [5, 5.41) is 22.7. The van der Waals surface area contributed by atoms with Crippen LogP contribution in [0.15, 0.2) is 24.3 Å². The Hall–Kier alpha value is -2.17. The maximum Gasteiger partial charge on any atom is 0.305 e. The standard InChI is InChI=1S/C12H9ClN4O2S/c1-7(10-3-4-11(13)20-10)15-12-5-2-9(17(18)19)8(6-14)16-12/h2-5,7H,1H3,(H,15,16). The Bertz CT molecular complexity index is 695. The Morgan fingerprint density at radius 1 is 1.50 bits per heavy atom. The van der Waals surface area contributed by atoms with E-state index in [1.807, 2.05) is 13.0 Å². The van der Waals surface area contributed by atoms with E-state index in [2.05, 4.69) is 10.3 Å². The first-order chi connectivity index (χ1) is 9.51. The van der Waals surface area contributed by atoms with Crippen LogP contribution in [0.4, 0.5) is 11.5 Å². The van der Waals surface area contributed by atoms with E-state index in [1.165, 1.54) is 23.5 Å². The molecule has 2 aromatic rings. The second-order valence-electron chi connectivity index (χ2n) is 3.94. The highest BCUT2D eigenvalue weighted by atomic mass is 35.5. The van der Waals surface area contributed by atoms with E-state index >= 15 is 0 Å². The highest BCUT2D eigenvalue weighted by Crippen LogP contribution is 2.29. The van der Waals surface area contributed by atoms with Crippen molar-refractivity contribution in [2.75, 3.05) is 5.32 Å². The molecule has 20 heavy (non-hydrogen) atoms. The van der Waals surface area contributed by atoms with Crippen molar-refractivity contribution in [3.8, 4) is 6.07 Å². The van der Waals surface area contributed by atoms with Crippen LogP contribution in [0.5, 0.6) is 0 Å². The molecule has 1 atom stereocenters. The average molecular weight is 309 g/mol. The third-order valence-electron chi connectivity index (χ3n) is 2.56. The third-order valence-corrected chi connectivity index (χ3v) is 3.98. The number of thiophene rings is 1. The summed E-state index contributed by atoms with van der Waals surface area (Å²) in [5.74, 6) is 0.407. The lowest BCUT2D eigenvalue weighted by molar-refractivity contribution is -0.385. The number of nitrogens with one attached hydrogen (secondary N) is 1. The topological polar surface area (TPSA) is 91.9 Å². The molecule has 0 aromatic carbocycles. The number of hydrogen-bond acceptors (Lipinski definition) is 6. The molecule has 6 nitrogen and oxygen atoms in total. The monoisotopic (exact) mass is 308 g/mol. The first-order valence-electron chi connectivity index (χ1n) is 5.58. The Morgan fingerprint density at radius 3 is 2.80 bits per heavy atom. The predicted molar refractivity (Wildman–Crippen MR) is 77.0 cm³/mol. The lowest BCUT2D eigenvalue weighted by Crippen LogP contribution is -2.07. The molecule has 0 saturated heterocycles. The second-order valence-corrected chi connectivity index (χ2v) is 5.69. The minimum atomic E-state index is -0.627. The number of pyridine rings is 1. The van der Waals surface area contributed by atoms with Crippen molar-refractivity contribution in [2.45, 2.75) is 13.0 Å². The molecule has 2 heterocycles. The van der Waals surface area contributed by atoms with E-state index in [0.717, 1.165) is 4.88 Å². The SMILES string of the molecule is CC(Nc1ccc([N+](=O)[O-])c(C#N)n1)c1ccc(Cl)s1. The zero-order valence-corrected chi connectivity index (χ0v) is 11.9. The van der Waals surface area contributed by atoms with Crippen LogP contribution in [0.2, 0.25) is 4.34 Å². The zero-order chi connectivity index (χ0) is 14.7. The Kier molecular flexibility index (Phi) is 4.17. The number of hydrogen-bond donors (Lipinski definition) is 1. The smallest absolute Gasteiger partial charge is 0.305 e. The lowest BCUT2D eigenvalue weighted by Gasteiger charge is -2.12. The van der Waals surface area contributed by atoms with Gasteiger partial charge in [0.25, 0.3) is 0 Å². The van der Waals surface area contributed by atoms with Crippen molar-refractivity contribution < 1.29 is 4.92 Å². The minimum absolute atomic E-state index is 0.0620. The van der Waals surface area contributed by atoms with E-state index in [1.54, 1.807) is 12.1 Å². The molecule has 0 radical (unpaired) electrons. The molecule has 0 spiro atoms. The van der Waals surface area contributed by atoms with Crippen LogP contribution in [0, 0.1) is 21.4 Å². The second kappa shape index (κ2) is 5.86. The minimum Gasteiger partial charge on any atom is -0.363 e. The van der Waals surface area contributed by atoms with Gasteiger partial charge in [0.2, 0.25) is 5.69 Å². The van der Waals surface area contributed by atoms with Gasteiger partial charge in [0, 0.05) is 10.9 Å². The van der Waals surface area contributed by atoms with E-state index < -0.39 is 4.92 Å². The summed E-state index contributed by atoms with van der Waals surface area (Å²) < 4.78 is 0.683. The molecular formula is C12H9ClN4O2S. The van der Waals surface area contributed by atoms with Gasteiger partial charge in [-0.25, -0.2) is 4.98 Å². The van der Waals surface area contributed by atoms with Crippen molar-refractivity contribution in [3.05, 3.63) is 49.3 Å². The Morgan fingerprint density at radius 2 is 2.25 bits per heavy atom. The van der Waals surface area contributed by atoms with Crippen LogP contribution in [-0.2, 0) is 0 Å². The molecule has 2 aromatic heterocycles. The van der Waals surface area contributed by atoms with Crippen molar-refractivity contribution in [1.82, 2.24) is 4.98 Å². The number of aromatic nitrogens is 1. The van der Waals surface area contributed by atoms with Crippen molar-refractivity contribution in [2.24, 2.45) is 0 Å². The molecule has 0 saturated carbocycles. The summed E-state index contributed by atoms with van der Waals surface area (Å²) in [6.45, 7) is 1.91. The molecule has 0 aliphatic heterocycles. The number of nitriles is 1. The molecule has 2 rings (SSSR count). The van der Waals surface area contributed by atoms with Gasteiger partial charge in [-0.05, 0) is 25.1 Å². The van der Waals surface area contributed by atoms with Gasteiger partial charge in [-0.2, -0.15) is 5.26 Å². The molecule has 0 bridgehead atoms. The van der Waals surface area contributed by atoms with Gasteiger partial charge in [-0.3, -0.25) is 10.1 Å². The first-order valence-corrected chi connectivity index (χ1v) is 6.78. The molecule has 102 valence electrons. The van der Waals surface area contributed by atoms with E-state index in [4.69, 9.17) is 16.9 Å². The molecular weight excluding hydrogens is 300 g/mol. The third kappa shape index (κ3) is 3.04. The summed E-state index contributed by atoms with van der Waals surface area (Å²) in [6.07, 6.45) is 0. The quantitative estimate of drug-likeness (QED) is 0.686. The molecule has 1 unspecified atom stereocenters. The molecule has 8 heteroatoms. The lowest BCUT2D eigenvalue weighted by atomic mass is 10.2. The maximum absolute atomic E-state index is 10.7. The maximum atomic E-state index is 10.7. The molecule has 0 fully saturated rings. The van der Waals surface area contributed by atoms with Crippen LogP contribution < -0.4 is 5.32 Å². The summed E-state index contributed by atoms with van der Waals surface area (Å²) in [4.78, 5) is 15.0. The van der Waals surface area contributed by atoms with Crippen molar-refractivity contribution >= 4 is 34.4 Å². The summed E-state index contributed by atoms with van der Waals surface area (Å²) >= 11 is 7.30. The van der Waals surface area contributed by atoms with Gasteiger partial charge >= 0.3 is 5.69 Å². The van der Waals surface area contributed by atoms with Crippen molar-refractivity contribution in [3.63, 3.8) is 0 Å². The van der Waals surface area contributed by atoms with Gasteiger partial charge in [-0.15, -0.1) is 11.3 Å². The van der Waals surface area contributed by atoms with Crippen molar-refractivity contribution in [1.29, 1.82) is 5.26 Å². The highest BCUT2D eigenvalue weighted by molar-refractivity contribution is 7.16. The zero-order valence-electron chi connectivity index (χ0n) is 10.3. The molecule has 1 N–H and O–H groups in total. The molecule has 0 amide bonds. The van der Waals surface area contributed by atoms with Gasteiger partial charge < -0.3 is 5.32 Å². The Balaban J connectivity index is 2.22. The summed E-state index contributed by atoms with van der Waals surface area (Å²) in [6, 6.07) is 8.09. The van der Waals surface area contributed by atoms with E-state index in [9.17, 15) is 10.1 Å². The van der Waals surface area contributed by atoms with Gasteiger partial charge in [0.15, 0.2) is 0 Å². The number of anilines is 1. The van der Waals surface area contributed by atoms with E-state index in [0.29, 0.717) is 10.2 Å². The number of nitrogens with zero attached hydrogens (tertiary/aromatic N) is 3. The van der Waals surface area contributed by atoms with Crippen LogP contribution in [-0.4, -0.2) is 9.91 Å². The average Bonchev–Trinajstić information content (AvgIpc) is 2.85. The molecule has 0 aliphatic rings. The van der Waals surface area contributed by atoms with Crippen LogP contribution in [0.25, 0.3) is 0 Å². The fourth-order valence-electron chi connectivity index (χ4n) is 1.62. The van der Waals surface area contributed by atoms with Gasteiger partial charge in [0.1, 0.15) is 11.9 Å². The summed E-state index contributed by atoms with van der Waals surface area (Å²) in [5.41, 5.74) is -0.513. The van der Waals surface area contributed by atoms with Crippen LogP contribution in [0.3, 0.4) is 0 Å². The van der Waals surface area contributed by atoms with Crippen LogP contribution >= 0.6 is 22.9 Å². The van der Waals surface area contributed by atoms with Gasteiger partial charge in [0.05, 0.1) is 15.3 Å². The fourth-order valence-corrected chi connectivity index (χ4v) is 2.68. The Labute approximate surface area is 123 Å². The number of rotatable bonds is 4. The van der Waals surface area contributed by atoms with E-state index in [-0.39, 0.29) is 17.4 Å².